The van der Waals surface area contributed by atoms with Gasteiger partial charge in [-0.15, -0.1) is 0 Å². The van der Waals surface area contributed by atoms with Gasteiger partial charge in [-0.3, -0.25) is 0 Å². The van der Waals surface area contributed by atoms with Crippen LogP contribution in [0.3, 0.4) is 0 Å². The first-order valence-electron chi connectivity index (χ1n) is 5.45. The van der Waals surface area contributed by atoms with Crippen molar-refractivity contribution in [2.24, 2.45) is 0 Å². The lowest BCUT2D eigenvalue weighted by molar-refractivity contribution is -0.153. The number of aliphatic hydroxyl groups is 2. The maximum Gasteiger partial charge on any atom is 0.336 e. The Kier molecular flexibility index (Phi) is 8.29. The SMILES string of the molecule is CCCCOC(=O)C(O)CNCC(O)C(=O)O. The second-order valence-corrected chi connectivity index (χ2v) is 3.55. The second kappa shape index (κ2) is 8.91. The Balaban J connectivity index is 3.67. The van der Waals surface area contributed by atoms with Crippen LogP contribution in [0.15, 0.2) is 0 Å². The number of aliphatic carboxylic acids is 1. The molecule has 0 spiro atoms. The molecule has 2 unspecified atom stereocenters. The van der Waals surface area contributed by atoms with E-state index in [1.165, 1.54) is 0 Å². The monoisotopic (exact) mass is 249 g/mol. The fourth-order valence-corrected chi connectivity index (χ4v) is 0.941. The van der Waals surface area contributed by atoms with Gasteiger partial charge < -0.3 is 25.4 Å². The molecule has 0 heterocycles. The zero-order chi connectivity index (χ0) is 13.3. The molecular weight excluding hydrogens is 230 g/mol. The van der Waals surface area contributed by atoms with Crippen molar-refractivity contribution in [3.8, 4) is 0 Å². The van der Waals surface area contributed by atoms with Gasteiger partial charge in [0.05, 0.1) is 6.61 Å². The first-order chi connectivity index (χ1) is 7.99. The number of carbonyl (C=O) groups is 2. The van der Waals surface area contributed by atoms with E-state index in [1.807, 2.05) is 6.92 Å². The van der Waals surface area contributed by atoms with Crippen LogP contribution < -0.4 is 5.32 Å². The lowest BCUT2D eigenvalue weighted by atomic mass is 10.3. The highest BCUT2D eigenvalue weighted by Crippen LogP contribution is 1.92. The minimum Gasteiger partial charge on any atom is -0.479 e. The summed E-state index contributed by atoms with van der Waals surface area (Å²) in [6, 6.07) is 0. The number of ether oxygens (including phenoxy) is 1. The number of carbonyl (C=O) groups excluding carboxylic acids is 1. The van der Waals surface area contributed by atoms with Crippen molar-refractivity contribution in [2.75, 3.05) is 19.7 Å². The zero-order valence-electron chi connectivity index (χ0n) is 9.76. The number of nitrogens with one attached hydrogen (secondary N) is 1. The van der Waals surface area contributed by atoms with Crippen LogP contribution in [0.2, 0.25) is 0 Å². The van der Waals surface area contributed by atoms with Crippen molar-refractivity contribution >= 4 is 11.9 Å². The summed E-state index contributed by atoms with van der Waals surface area (Å²) in [6.45, 7) is 1.80. The molecule has 0 aromatic heterocycles. The Hall–Kier alpha value is -1.18. The molecule has 4 N–H and O–H groups in total. The fraction of sp³-hybridized carbons (Fsp3) is 0.800. The summed E-state index contributed by atoms with van der Waals surface area (Å²) >= 11 is 0. The standard InChI is InChI=1S/C10H19NO6/c1-2-3-4-17-10(16)8(13)6-11-5-7(12)9(14)15/h7-8,11-13H,2-6H2,1H3,(H,14,15). The number of hydrogen-bond acceptors (Lipinski definition) is 6. The van der Waals surface area contributed by atoms with Crippen LogP contribution in [0.1, 0.15) is 19.8 Å². The molecule has 0 aliphatic rings. The van der Waals surface area contributed by atoms with Crippen molar-refractivity contribution < 1.29 is 29.6 Å². The third kappa shape index (κ3) is 7.67. The van der Waals surface area contributed by atoms with Crippen LogP contribution in [-0.4, -0.2) is 59.2 Å². The Morgan fingerprint density at radius 3 is 2.35 bits per heavy atom. The predicted octanol–water partition coefficient (Wildman–Crippen LogP) is -1.27. The molecule has 0 aliphatic heterocycles. The van der Waals surface area contributed by atoms with E-state index < -0.39 is 24.1 Å². The van der Waals surface area contributed by atoms with Crippen molar-refractivity contribution in [1.82, 2.24) is 5.32 Å². The highest BCUT2D eigenvalue weighted by Gasteiger charge is 2.18. The third-order valence-corrected chi connectivity index (χ3v) is 1.97. The number of aliphatic hydroxyl groups excluding tert-OH is 2. The Morgan fingerprint density at radius 2 is 1.82 bits per heavy atom. The van der Waals surface area contributed by atoms with E-state index in [4.69, 9.17) is 14.9 Å². The van der Waals surface area contributed by atoms with Crippen molar-refractivity contribution in [3.05, 3.63) is 0 Å². The Bertz CT molecular complexity index is 245. The van der Waals surface area contributed by atoms with E-state index in [2.05, 4.69) is 5.32 Å². The van der Waals surface area contributed by atoms with Gasteiger partial charge >= 0.3 is 11.9 Å². The van der Waals surface area contributed by atoms with Crippen molar-refractivity contribution in [3.63, 3.8) is 0 Å². The second-order valence-electron chi connectivity index (χ2n) is 3.55. The van der Waals surface area contributed by atoms with Gasteiger partial charge in [0.15, 0.2) is 12.2 Å². The molecule has 17 heavy (non-hydrogen) atoms. The normalized spacial score (nSPS) is 14.1. The third-order valence-electron chi connectivity index (χ3n) is 1.97. The molecule has 7 heteroatoms. The number of unbranched alkanes of at least 4 members (excludes halogenated alkanes) is 1. The Morgan fingerprint density at radius 1 is 1.24 bits per heavy atom. The van der Waals surface area contributed by atoms with E-state index in [1.54, 1.807) is 0 Å². The highest BCUT2D eigenvalue weighted by molar-refractivity contribution is 5.74. The summed E-state index contributed by atoms with van der Waals surface area (Å²) in [5.41, 5.74) is 0. The summed E-state index contributed by atoms with van der Waals surface area (Å²) < 4.78 is 4.74. The summed E-state index contributed by atoms with van der Waals surface area (Å²) in [7, 11) is 0. The van der Waals surface area contributed by atoms with Crippen LogP contribution >= 0.6 is 0 Å². The number of carboxylic acid groups (broad SMARTS) is 1. The highest BCUT2D eigenvalue weighted by atomic mass is 16.5. The number of esters is 1. The van der Waals surface area contributed by atoms with Gasteiger partial charge in [0.2, 0.25) is 0 Å². The maximum absolute atomic E-state index is 11.1. The molecule has 2 atom stereocenters. The molecule has 0 amide bonds. The maximum atomic E-state index is 11.1. The van der Waals surface area contributed by atoms with Gasteiger partial charge in [0.1, 0.15) is 0 Å². The molecule has 7 nitrogen and oxygen atoms in total. The summed E-state index contributed by atoms with van der Waals surface area (Å²) in [5.74, 6) is -2.12. The largest absolute Gasteiger partial charge is 0.479 e. The van der Waals surface area contributed by atoms with Gasteiger partial charge in [-0.2, -0.15) is 0 Å². The quantitative estimate of drug-likeness (QED) is 0.297. The average Bonchev–Trinajstić information content (AvgIpc) is 2.28. The summed E-state index contributed by atoms with van der Waals surface area (Å²) in [4.78, 5) is 21.4. The molecule has 0 saturated heterocycles. The summed E-state index contributed by atoms with van der Waals surface area (Å²) in [5, 5.41) is 29.0. The van der Waals surface area contributed by atoms with E-state index >= 15 is 0 Å². The molecule has 0 aromatic carbocycles. The van der Waals surface area contributed by atoms with Gasteiger partial charge in [-0.1, -0.05) is 13.3 Å². The Labute approximate surface area is 99.4 Å². The number of carboxylic acids is 1. The van der Waals surface area contributed by atoms with Gasteiger partial charge in [0, 0.05) is 13.1 Å². The molecule has 0 fully saturated rings. The molecule has 0 aliphatic carbocycles. The van der Waals surface area contributed by atoms with Gasteiger partial charge in [-0.05, 0) is 6.42 Å². The van der Waals surface area contributed by atoms with E-state index in [-0.39, 0.29) is 19.7 Å². The number of hydrogen-bond donors (Lipinski definition) is 4. The lowest BCUT2D eigenvalue weighted by Gasteiger charge is -2.12. The molecular formula is C10H19NO6. The first-order valence-corrected chi connectivity index (χ1v) is 5.45. The molecule has 0 rings (SSSR count). The topological polar surface area (TPSA) is 116 Å². The van der Waals surface area contributed by atoms with Crippen LogP contribution in [0.25, 0.3) is 0 Å². The van der Waals surface area contributed by atoms with Gasteiger partial charge in [-0.25, -0.2) is 9.59 Å². The van der Waals surface area contributed by atoms with Crippen LogP contribution in [-0.2, 0) is 14.3 Å². The van der Waals surface area contributed by atoms with E-state index in [0.717, 1.165) is 12.8 Å². The van der Waals surface area contributed by atoms with Crippen LogP contribution in [0.4, 0.5) is 0 Å². The molecule has 100 valence electrons. The van der Waals surface area contributed by atoms with Gasteiger partial charge in [0.25, 0.3) is 0 Å². The van der Waals surface area contributed by atoms with Crippen molar-refractivity contribution in [1.29, 1.82) is 0 Å². The number of rotatable bonds is 9. The smallest absolute Gasteiger partial charge is 0.336 e. The molecule has 0 saturated carbocycles. The molecule has 0 aromatic rings. The minimum atomic E-state index is -1.56. The van der Waals surface area contributed by atoms with Crippen LogP contribution in [0.5, 0.6) is 0 Å². The predicted molar refractivity (Wildman–Crippen MR) is 58.4 cm³/mol. The lowest BCUT2D eigenvalue weighted by Crippen LogP contribution is -2.40. The average molecular weight is 249 g/mol. The van der Waals surface area contributed by atoms with E-state index in [0.29, 0.717) is 0 Å². The van der Waals surface area contributed by atoms with E-state index in [9.17, 15) is 14.7 Å². The summed E-state index contributed by atoms with van der Waals surface area (Å²) in [6.07, 6.45) is -1.30. The van der Waals surface area contributed by atoms with Crippen molar-refractivity contribution in [2.45, 2.75) is 32.0 Å². The minimum absolute atomic E-state index is 0.157. The first kappa shape index (κ1) is 15.8. The fourth-order valence-electron chi connectivity index (χ4n) is 0.941. The molecule has 0 radical (unpaired) electrons. The van der Waals surface area contributed by atoms with Crippen LogP contribution in [0, 0.1) is 0 Å². The zero-order valence-corrected chi connectivity index (χ0v) is 9.76. The molecule has 0 bridgehead atoms.